The number of nitrogens with zero attached hydrogens (tertiary/aromatic N) is 2. The minimum Gasteiger partial charge on any atom is -0.372 e. The summed E-state index contributed by atoms with van der Waals surface area (Å²) < 4.78 is 34.0. The third kappa shape index (κ3) is 5.57. The second-order valence-corrected chi connectivity index (χ2v) is 11.3. The van der Waals surface area contributed by atoms with Gasteiger partial charge in [-0.05, 0) is 51.0 Å². The zero-order chi connectivity index (χ0) is 25.3. The Balaban J connectivity index is 1.57. The molecule has 0 saturated carbocycles. The summed E-state index contributed by atoms with van der Waals surface area (Å²) in [7, 11) is -3.96. The monoisotopic (exact) mass is 497 g/mol. The number of ether oxygens (including phenoxy) is 1. The van der Waals surface area contributed by atoms with Crippen molar-refractivity contribution >= 4 is 38.2 Å². The number of morpholine rings is 1. The lowest BCUT2D eigenvalue weighted by Gasteiger charge is -2.35. The van der Waals surface area contributed by atoms with Gasteiger partial charge < -0.3 is 19.5 Å². The van der Waals surface area contributed by atoms with E-state index in [1.54, 1.807) is 33.7 Å². The van der Waals surface area contributed by atoms with Crippen molar-refractivity contribution in [2.75, 3.05) is 24.2 Å². The van der Waals surface area contributed by atoms with Crippen LogP contribution < -0.4 is 5.32 Å². The van der Waals surface area contributed by atoms with Crippen molar-refractivity contribution in [2.45, 2.75) is 51.3 Å². The van der Waals surface area contributed by atoms with Crippen LogP contribution in [0.1, 0.15) is 25.0 Å². The number of amides is 2. The molecule has 2 heterocycles. The highest BCUT2D eigenvalue weighted by Crippen LogP contribution is 2.27. The SMILES string of the molecule is Cc1ccc(C)c(NC(=O)CS(=O)(=O)c2cn(CC(=O)N3CC(C)OC(C)C3)c3ccccc23)c1. The molecule has 2 atom stereocenters. The van der Waals surface area contributed by atoms with Crippen molar-refractivity contribution in [1.29, 1.82) is 0 Å². The minimum atomic E-state index is -3.96. The molecule has 1 aromatic heterocycles. The number of hydrogen-bond donors (Lipinski definition) is 1. The van der Waals surface area contributed by atoms with Crippen molar-refractivity contribution in [1.82, 2.24) is 9.47 Å². The van der Waals surface area contributed by atoms with Crippen LogP contribution in [-0.4, -0.2) is 60.7 Å². The number of aromatic nitrogens is 1. The van der Waals surface area contributed by atoms with Crippen LogP contribution in [0.3, 0.4) is 0 Å². The number of fused-ring (bicyclic) bond motifs is 1. The molecular formula is C26H31N3O5S. The second kappa shape index (κ2) is 9.83. The predicted molar refractivity (Wildman–Crippen MR) is 135 cm³/mol. The van der Waals surface area contributed by atoms with E-state index in [0.29, 0.717) is 29.7 Å². The van der Waals surface area contributed by atoms with Crippen LogP contribution in [0.2, 0.25) is 0 Å². The van der Waals surface area contributed by atoms with Crippen LogP contribution in [0.25, 0.3) is 10.9 Å². The van der Waals surface area contributed by atoms with Crippen molar-refractivity contribution < 1.29 is 22.7 Å². The smallest absolute Gasteiger partial charge is 0.242 e. The third-order valence-electron chi connectivity index (χ3n) is 6.15. The molecule has 0 bridgehead atoms. The molecule has 2 aromatic carbocycles. The molecule has 0 radical (unpaired) electrons. The van der Waals surface area contributed by atoms with Crippen LogP contribution in [-0.2, 0) is 30.7 Å². The fourth-order valence-electron chi connectivity index (χ4n) is 4.53. The summed E-state index contributed by atoms with van der Waals surface area (Å²) in [6.45, 7) is 8.59. The zero-order valence-corrected chi connectivity index (χ0v) is 21.3. The van der Waals surface area contributed by atoms with E-state index in [1.807, 2.05) is 45.9 Å². The Morgan fingerprint density at radius 3 is 2.46 bits per heavy atom. The Kier molecular flexibility index (Phi) is 7.00. The van der Waals surface area contributed by atoms with Gasteiger partial charge in [0.15, 0.2) is 9.84 Å². The van der Waals surface area contributed by atoms with Gasteiger partial charge in [0, 0.05) is 35.9 Å². The molecule has 1 fully saturated rings. The first kappa shape index (κ1) is 24.9. The van der Waals surface area contributed by atoms with Gasteiger partial charge in [-0.3, -0.25) is 9.59 Å². The highest BCUT2D eigenvalue weighted by atomic mass is 32.2. The van der Waals surface area contributed by atoms with E-state index in [4.69, 9.17) is 4.74 Å². The highest BCUT2D eigenvalue weighted by Gasteiger charge is 2.28. The maximum Gasteiger partial charge on any atom is 0.242 e. The first-order chi connectivity index (χ1) is 16.5. The molecule has 186 valence electrons. The fraction of sp³-hybridized carbons (Fsp3) is 0.385. The normalized spacial score (nSPS) is 18.6. The van der Waals surface area contributed by atoms with Gasteiger partial charge in [-0.25, -0.2) is 8.42 Å². The Morgan fingerprint density at radius 1 is 1.06 bits per heavy atom. The average molecular weight is 498 g/mol. The standard InChI is InChI=1S/C26H31N3O5S/c1-17-9-10-18(2)22(11-17)27-25(30)16-35(32,33)24-14-28(23-8-6-5-7-21(23)24)15-26(31)29-12-19(3)34-20(4)13-29/h5-11,14,19-20H,12-13,15-16H2,1-4H3,(H,27,30). The van der Waals surface area contributed by atoms with Gasteiger partial charge in [0.2, 0.25) is 11.8 Å². The van der Waals surface area contributed by atoms with Gasteiger partial charge >= 0.3 is 0 Å². The maximum absolute atomic E-state index is 13.3. The lowest BCUT2D eigenvalue weighted by Crippen LogP contribution is -2.49. The average Bonchev–Trinajstić information content (AvgIpc) is 3.15. The molecule has 1 aliphatic rings. The van der Waals surface area contributed by atoms with E-state index in [0.717, 1.165) is 11.1 Å². The summed E-state index contributed by atoms with van der Waals surface area (Å²) in [5.41, 5.74) is 3.03. The summed E-state index contributed by atoms with van der Waals surface area (Å²) in [5, 5.41) is 3.21. The van der Waals surface area contributed by atoms with Gasteiger partial charge in [-0.1, -0.05) is 30.3 Å². The number of sulfone groups is 1. The molecule has 1 aliphatic heterocycles. The van der Waals surface area contributed by atoms with Crippen LogP contribution in [0.4, 0.5) is 5.69 Å². The summed E-state index contributed by atoms with van der Waals surface area (Å²) in [4.78, 5) is 27.5. The van der Waals surface area contributed by atoms with E-state index in [2.05, 4.69) is 5.32 Å². The molecule has 2 unspecified atom stereocenters. The van der Waals surface area contributed by atoms with E-state index >= 15 is 0 Å². The first-order valence-electron chi connectivity index (χ1n) is 11.6. The van der Waals surface area contributed by atoms with Gasteiger partial charge in [0.1, 0.15) is 12.3 Å². The number of hydrogen-bond acceptors (Lipinski definition) is 5. The number of nitrogens with one attached hydrogen (secondary N) is 1. The van der Waals surface area contributed by atoms with Gasteiger partial charge in [0.25, 0.3) is 0 Å². The van der Waals surface area contributed by atoms with Crippen molar-refractivity contribution in [3.8, 4) is 0 Å². The largest absolute Gasteiger partial charge is 0.372 e. The Bertz CT molecular complexity index is 1370. The zero-order valence-electron chi connectivity index (χ0n) is 20.4. The predicted octanol–water partition coefficient (Wildman–Crippen LogP) is 3.31. The molecule has 3 aromatic rings. The molecule has 8 nitrogen and oxygen atoms in total. The Morgan fingerprint density at radius 2 is 1.74 bits per heavy atom. The molecule has 0 aliphatic carbocycles. The second-order valence-electron chi connectivity index (χ2n) is 9.32. The molecule has 1 N–H and O–H groups in total. The maximum atomic E-state index is 13.3. The van der Waals surface area contributed by atoms with E-state index in [1.165, 1.54) is 6.20 Å². The van der Waals surface area contributed by atoms with Gasteiger partial charge in [0.05, 0.1) is 17.1 Å². The number of benzene rings is 2. The molecule has 2 amide bonds. The lowest BCUT2D eigenvalue weighted by atomic mass is 10.1. The number of para-hydroxylation sites is 1. The van der Waals surface area contributed by atoms with Crippen molar-refractivity contribution in [3.05, 3.63) is 59.8 Å². The van der Waals surface area contributed by atoms with Gasteiger partial charge in [-0.15, -0.1) is 0 Å². The van der Waals surface area contributed by atoms with E-state index in [-0.39, 0.29) is 29.6 Å². The van der Waals surface area contributed by atoms with Crippen LogP contribution in [0, 0.1) is 13.8 Å². The third-order valence-corrected chi connectivity index (χ3v) is 7.79. The lowest BCUT2D eigenvalue weighted by molar-refractivity contribution is -0.143. The van der Waals surface area contributed by atoms with Gasteiger partial charge in [-0.2, -0.15) is 0 Å². The molecule has 35 heavy (non-hydrogen) atoms. The summed E-state index contributed by atoms with van der Waals surface area (Å²) in [5.74, 6) is -1.41. The number of rotatable bonds is 6. The Hall–Kier alpha value is -3.17. The van der Waals surface area contributed by atoms with Crippen molar-refractivity contribution in [2.24, 2.45) is 0 Å². The molecule has 4 rings (SSSR count). The molecule has 9 heteroatoms. The van der Waals surface area contributed by atoms with Crippen molar-refractivity contribution in [3.63, 3.8) is 0 Å². The van der Waals surface area contributed by atoms with Crippen LogP contribution in [0.5, 0.6) is 0 Å². The fourth-order valence-corrected chi connectivity index (χ4v) is 5.89. The topological polar surface area (TPSA) is 97.7 Å². The molecule has 1 saturated heterocycles. The van der Waals surface area contributed by atoms with E-state index < -0.39 is 21.5 Å². The number of carbonyl (C=O) groups excluding carboxylic acids is 2. The first-order valence-corrected chi connectivity index (χ1v) is 13.3. The number of aryl methyl sites for hydroxylation is 2. The summed E-state index contributed by atoms with van der Waals surface area (Å²) in [6, 6.07) is 12.6. The summed E-state index contributed by atoms with van der Waals surface area (Å²) >= 11 is 0. The van der Waals surface area contributed by atoms with Crippen LogP contribution >= 0.6 is 0 Å². The number of anilines is 1. The summed E-state index contributed by atoms with van der Waals surface area (Å²) in [6.07, 6.45) is 1.35. The minimum absolute atomic E-state index is 0.00412. The van der Waals surface area contributed by atoms with Crippen LogP contribution in [0.15, 0.2) is 53.6 Å². The Labute approximate surface area is 205 Å². The van der Waals surface area contributed by atoms with E-state index in [9.17, 15) is 18.0 Å². The quantitative estimate of drug-likeness (QED) is 0.564. The molecule has 0 spiro atoms. The highest BCUT2D eigenvalue weighted by molar-refractivity contribution is 7.92. The molecular weight excluding hydrogens is 466 g/mol. The number of carbonyl (C=O) groups is 2.